The van der Waals surface area contributed by atoms with E-state index in [0.717, 1.165) is 36.3 Å². The molecule has 0 saturated heterocycles. The molecule has 0 amide bonds. The summed E-state index contributed by atoms with van der Waals surface area (Å²) in [5, 5.41) is 20.0. The smallest absolute Gasteiger partial charge is 0.161 e. The van der Waals surface area contributed by atoms with Crippen molar-refractivity contribution in [3.63, 3.8) is 0 Å². The molecule has 1 fully saturated rings. The first-order valence-corrected chi connectivity index (χ1v) is 12.0. The molecule has 3 unspecified atom stereocenters. The molecule has 0 aromatic rings. The molecule has 0 spiro atoms. The average Bonchev–Trinajstić information content (AvgIpc) is 3.00. The summed E-state index contributed by atoms with van der Waals surface area (Å²) in [5.74, 6) is 2.09. The number of rotatable bonds is 7. The van der Waals surface area contributed by atoms with Crippen molar-refractivity contribution >= 4 is 5.78 Å². The number of hydrogen-bond acceptors (Lipinski definition) is 3. The molecule has 168 valence electrons. The van der Waals surface area contributed by atoms with E-state index in [2.05, 4.69) is 32.1 Å². The van der Waals surface area contributed by atoms with Gasteiger partial charge in [0.05, 0.1) is 11.7 Å². The quantitative estimate of drug-likeness (QED) is 0.544. The van der Waals surface area contributed by atoms with E-state index in [1.807, 2.05) is 20.8 Å². The Kier molecular flexibility index (Phi) is 7.14. The summed E-state index contributed by atoms with van der Waals surface area (Å²) in [7, 11) is 0. The Labute approximate surface area is 183 Å². The van der Waals surface area contributed by atoms with Crippen LogP contribution in [0.1, 0.15) is 92.4 Å². The first-order valence-electron chi connectivity index (χ1n) is 12.0. The third-order valence-electron chi connectivity index (χ3n) is 8.26. The molecule has 5 atom stereocenters. The van der Waals surface area contributed by atoms with Crippen LogP contribution in [-0.2, 0) is 4.79 Å². The minimum atomic E-state index is -0.561. The molecule has 0 radical (unpaired) electrons. The van der Waals surface area contributed by atoms with Gasteiger partial charge in [-0.3, -0.25) is 4.79 Å². The Morgan fingerprint density at radius 3 is 2.70 bits per heavy atom. The number of hydrogen-bond donors (Lipinski definition) is 2. The predicted octanol–water partition coefficient (Wildman–Crippen LogP) is 5.91. The summed E-state index contributed by atoms with van der Waals surface area (Å²) < 4.78 is 0. The van der Waals surface area contributed by atoms with E-state index < -0.39 is 11.7 Å². The summed E-state index contributed by atoms with van der Waals surface area (Å²) in [6.45, 7) is 10.6. The van der Waals surface area contributed by atoms with Crippen molar-refractivity contribution in [2.45, 2.75) is 104 Å². The van der Waals surface area contributed by atoms with Gasteiger partial charge in [-0.2, -0.15) is 0 Å². The highest BCUT2D eigenvalue weighted by atomic mass is 16.3. The SMILES string of the molecule is CC1=C(/C=C\C2=CCC[C@@]3(C)C2CC[C@@H]3C(C)CCCC(C)(C)O)CC(O)CC1=O. The molecule has 3 aliphatic carbocycles. The Bertz CT molecular complexity index is 736. The first kappa shape index (κ1) is 23.5. The number of carbonyl (C=O) groups excluding carboxylic acids is 1. The summed E-state index contributed by atoms with van der Waals surface area (Å²) in [6.07, 6.45) is 15.1. The largest absolute Gasteiger partial charge is 0.392 e. The second kappa shape index (κ2) is 9.12. The van der Waals surface area contributed by atoms with Gasteiger partial charge in [-0.1, -0.05) is 44.9 Å². The third kappa shape index (κ3) is 5.16. The minimum absolute atomic E-state index is 0.0803. The molecule has 0 aromatic carbocycles. The van der Waals surface area contributed by atoms with E-state index in [0.29, 0.717) is 23.7 Å². The van der Waals surface area contributed by atoms with Crippen molar-refractivity contribution in [3.8, 4) is 0 Å². The monoisotopic (exact) mass is 414 g/mol. The molecule has 3 heteroatoms. The molecule has 0 aromatic heterocycles. The fourth-order valence-electron chi connectivity index (χ4n) is 6.45. The zero-order chi connectivity index (χ0) is 22.1. The maximum atomic E-state index is 12.1. The second-order valence-electron chi connectivity index (χ2n) is 11.1. The molecule has 3 aliphatic rings. The zero-order valence-corrected chi connectivity index (χ0v) is 19.7. The number of allylic oxidation sites excluding steroid dienone is 5. The normalized spacial score (nSPS) is 33.8. The number of aliphatic hydroxyl groups is 2. The van der Waals surface area contributed by atoms with Gasteiger partial charge in [0.1, 0.15) is 0 Å². The maximum Gasteiger partial charge on any atom is 0.161 e. The highest BCUT2D eigenvalue weighted by molar-refractivity contribution is 5.97. The van der Waals surface area contributed by atoms with Crippen LogP contribution in [0.4, 0.5) is 0 Å². The van der Waals surface area contributed by atoms with Crippen LogP contribution in [0.2, 0.25) is 0 Å². The second-order valence-corrected chi connectivity index (χ2v) is 11.1. The van der Waals surface area contributed by atoms with E-state index >= 15 is 0 Å². The fraction of sp³-hybridized carbons (Fsp3) is 0.741. The number of aliphatic hydroxyl groups excluding tert-OH is 1. The van der Waals surface area contributed by atoms with Crippen LogP contribution in [0.5, 0.6) is 0 Å². The third-order valence-corrected chi connectivity index (χ3v) is 8.26. The lowest BCUT2D eigenvalue weighted by atomic mass is 9.62. The summed E-state index contributed by atoms with van der Waals surface area (Å²) >= 11 is 0. The van der Waals surface area contributed by atoms with Gasteiger partial charge in [-0.15, -0.1) is 0 Å². The summed E-state index contributed by atoms with van der Waals surface area (Å²) in [5.41, 5.74) is 3.03. The lowest BCUT2D eigenvalue weighted by Crippen LogP contribution is -2.35. The Hall–Kier alpha value is -1.19. The van der Waals surface area contributed by atoms with E-state index in [9.17, 15) is 15.0 Å². The van der Waals surface area contributed by atoms with Crippen molar-refractivity contribution < 1.29 is 15.0 Å². The first-order chi connectivity index (χ1) is 14.0. The Balaban J connectivity index is 1.69. The van der Waals surface area contributed by atoms with Crippen molar-refractivity contribution in [3.05, 3.63) is 34.9 Å². The molecule has 2 N–H and O–H groups in total. The number of ketones is 1. The lowest BCUT2D eigenvalue weighted by Gasteiger charge is -2.43. The van der Waals surface area contributed by atoms with Gasteiger partial charge in [-0.25, -0.2) is 0 Å². The van der Waals surface area contributed by atoms with Crippen LogP contribution in [0.3, 0.4) is 0 Å². The van der Waals surface area contributed by atoms with Crippen molar-refractivity contribution in [1.29, 1.82) is 0 Å². The van der Waals surface area contributed by atoms with Gasteiger partial charge in [0, 0.05) is 6.42 Å². The summed E-state index contributed by atoms with van der Waals surface area (Å²) in [6, 6.07) is 0. The molecule has 0 heterocycles. The molecular formula is C27H42O3. The van der Waals surface area contributed by atoms with E-state index in [1.54, 1.807) is 0 Å². The van der Waals surface area contributed by atoms with Crippen molar-refractivity contribution in [1.82, 2.24) is 0 Å². The molecule has 1 saturated carbocycles. The highest BCUT2D eigenvalue weighted by Crippen LogP contribution is 2.58. The van der Waals surface area contributed by atoms with Gasteiger partial charge in [0.2, 0.25) is 0 Å². The molecule has 0 bridgehead atoms. The molecule has 0 aliphatic heterocycles. The number of fused-ring (bicyclic) bond motifs is 1. The maximum absolute atomic E-state index is 12.1. The molecule has 3 rings (SSSR count). The molecule has 30 heavy (non-hydrogen) atoms. The van der Waals surface area contributed by atoms with E-state index in [1.165, 1.54) is 31.3 Å². The van der Waals surface area contributed by atoms with Crippen LogP contribution in [0.15, 0.2) is 34.9 Å². The van der Waals surface area contributed by atoms with Gasteiger partial charge < -0.3 is 10.2 Å². The van der Waals surface area contributed by atoms with Crippen LogP contribution in [0, 0.1) is 23.2 Å². The topological polar surface area (TPSA) is 57.5 Å². The van der Waals surface area contributed by atoms with Gasteiger partial charge in [-0.05, 0) is 99.2 Å². The van der Waals surface area contributed by atoms with Crippen molar-refractivity contribution in [2.24, 2.45) is 23.2 Å². The van der Waals surface area contributed by atoms with Crippen LogP contribution >= 0.6 is 0 Å². The predicted molar refractivity (Wildman–Crippen MR) is 123 cm³/mol. The Morgan fingerprint density at radius 1 is 1.27 bits per heavy atom. The fourth-order valence-corrected chi connectivity index (χ4v) is 6.45. The van der Waals surface area contributed by atoms with E-state index in [4.69, 9.17) is 0 Å². The lowest BCUT2D eigenvalue weighted by molar-refractivity contribution is -0.117. The minimum Gasteiger partial charge on any atom is -0.392 e. The van der Waals surface area contributed by atoms with Gasteiger partial charge in [0.15, 0.2) is 5.78 Å². The van der Waals surface area contributed by atoms with Gasteiger partial charge >= 0.3 is 0 Å². The Morgan fingerprint density at radius 2 is 2.00 bits per heavy atom. The zero-order valence-electron chi connectivity index (χ0n) is 19.7. The van der Waals surface area contributed by atoms with Crippen LogP contribution in [-0.4, -0.2) is 27.7 Å². The summed E-state index contributed by atoms with van der Waals surface area (Å²) in [4.78, 5) is 12.1. The van der Waals surface area contributed by atoms with Crippen LogP contribution in [0.25, 0.3) is 0 Å². The standard InChI is InChI=1S/C27H42O3/c1-18(8-6-14-26(3,4)30)23-12-13-24-20(9-7-15-27(23,24)5)10-11-21-16-22(28)17-25(29)19(21)2/h9-11,18,22-24,28,30H,6-8,12-17H2,1-5H3/b11-10-/t18?,22?,23-,24?,27-/m1/s1. The molecule has 3 nitrogen and oxygen atoms in total. The van der Waals surface area contributed by atoms with Gasteiger partial charge in [0.25, 0.3) is 0 Å². The molecular weight excluding hydrogens is 372 g/mol. The number of Topliss-reactive ketones (excluding diaryl/α,β-unsaturated/α-hetero) is 1. The average molecular weight is 415 g/mol. The van der Waals surface area contributed by atoms with Crippen LogP contribution < -0.4 is 0 Å². The van der Waals surface area contributed by atoms with E-state index in [-0.39, 0.29) is 12.2 Å². The highest BCUT2D eigenvalue weighted by Gasteiger charge is 2.49. The number of carbonyl (C=O) groups is 1. The van der Waals surface area contributed by atoms with Crippen molar-refractivity contribution in [2.75, 3.05) is 0 Å².